The minimum Gasteiger partial charge on any atom is -0.378 e. The number of fused-ring (bicyclic) bond motifs is 4. The maximum absolute atomic E-state index is 9.51. The Morgan fingerprint density at radius 1 is 0.947 bits per heavy atom. The first-order chi connectivity index (χ1) is 18.6. The SMILES string of the molecule is C[C@@H]1CN(c2ccc(C#N)c3nccnc23)C[C@H](Cn2cc3ccc(N4CC5COCC(C4)N5)cc3c2)O1. The average Bonchev–Trinajstić information content (AvgIpc) is 3.33. The second-order valence-corrected chi connectivity index (χ2v) is 10.7. The molecule has 2 bridgehead atoms. The zero-order valence-electron chi connectivity index (χ0n) is 21.5. The third-order valence-corrected chi connectivity index (χ3v) is 7.84. The van der Waals surface area contributed by atoms with Gasteiger partial charge >= 0.3 is 0 Å². The molecule has 2 aromatic carbocycles. The van der Waals surface area contributed by atoms with Gasteiger partial charge in [0.15, 0.2) is 0 Å². The van der Waals surface area contributed by atoms with Gasteiger partial charge < -0.3 is 29.2 Å². The third kappa shape index (κ3) is 4.35. The second kappa shape index (κ2) is 9.55. The Kier molecular flexibility index (Phi) is 5.88. The zero-order valence-corrected chi connectivity index (χ0v) is 21.5. The van der Waals surface area contributed by atoms with E-state index < -0.39 is 0 Å². The van der Waals surface area contributed by atoms with Crippen molar-refractivity contribution in [3.8, 4) is 6.07 Å². The molecule has 9 nitrogen and oxygen atoms in total. The van der Waals surface area contributed by atoms with Crippen molar-refractivity contribution in [1.29, 1.82) is 5.26 Å². The number of benzene rings is 2. The van der Waals surface area contributed by atoms with E-state index in [2.05, 4.69) is 73.2 Å². The molecule has 0 radical (unpaired) electrons. The molecule has 1 N–H and O–H groups in total. The Labute approximate surface area is 221 Å². The van der Waals surface area contributed by atoms with Crippen LogP contribution in [0.3, 0.4) is 0 Å². The number of nitrogens with zero attached hydrogens (tertiary/aromatic N) is 6. The lowest BCUT2D eigenvalue weighted by atomic mass is 10.1. The number of hydrogen-bond donors (Lipinski definition) is 1. The van der Waals surface area contributed by atoms with Gasteiger partial charge in [0.1, 0.15) is 17.1 Å². The fraction of sp³-hybridized carbons (Fsp3) is 0.414. The lowest BCUT2D eigenvalue weighted by Crippen LogP contribution is -2.62. The lowest BCUT2D eigenvalue weighted by molar-refractivity contribution is -0.0238. The van der Waals surface area contributed by atoms with Crippen LogP contribution in [0, 0.1) is 11.3 Å². The van der Waals surface area contributed by atoms with Crippen LogP contribution < -0.4 is 15.1 Å². The molecule has 0 spiro atoms. The van der Waals surface area contributed by atoms with Gasteiger partial charge in [-0.1, -0.05) is 6.07 Å². The summed E-state index contributed by atoms with van der Waals surface area (Å²) in [5.74, 6) is 0. The Morgan fingerprint density at radius 2 is 1.74 bits per heavy atom. The molecule has 7 rings (SSSR count). The fourth-order valence-electron chi connectivity index (χ4n) is 6.26. The second-order valence-electron chi connectivity index (χ2n) is 10.7. The lowest BCUT2D eigenvalue weighted by Gasteiger charge is -2.43. The van der Waals surface area contributed by atoms with Gasteiger partial charge in [0.25, 0.3) is 0 Å². The number of rotatable bonds is 4. The summed E-state index contributed by atoms with van der Waals surface area (Å²) in [6, 6.07) is 13.7. The van der Waals surface area contributed by atoms with Crippen LogP contribution in [0.2, 0.25) is 0 Å². The molecule has 5 heterocycles. The number of piperazine rings is 1. The number of hydrogen-bond acceptors (Lipinski definition) is 8. The summed E-state index contributed by atoms with van der Waals surface area (Å²) < 4.78 is 14.3. The molecular formula is C29H31N7O2. The normalized spacial score (nSPS) is 25.6. The Morgan fingerprint density at radius 3 is 2.55 bits per heavy atom. The van der Waals surface area contributed by atoms with Gasteiger partial charge in [0.2, 0.25) is 0 Å². The first kappa shape index (κ1) is 23.4. The molecule has 3 fully saturated rings. The van der Waals surface area contributed by atoms with Crippen molar-refractivity contribution in [2.24, 2.45) is 0 Å². The number of ether oxygens (including phenoxy) is 2. The van der Waals surface area contributed by atoms with Crippen LogP contribution in [0.1, 0.15) is 12.5 Å². The quantitative estimate of drug-likeness (QED) is 0.449. The molecule has 9 heteroatoms. The summed E-state index contributed by atoms with van der Waals surface area (Å²) in [5, 5.41) is 15.7. The predicted molar refractivity (Wildman–Crippen MR) is 146 cm³/mol. The highest BCUT2D eigenvalue weighted by atomic mass is 16.5. The largest absolute Gasteiger partial charge is 0.378 e. The van der Waals surface area contributed by atoms with E-state index in [1.807, 2.05) is 12.1 Å². The number of nitriles is 1. The minimum atomic E-state index is 0.0231. The first-order valence-electron chi connectivity index (χ1n) is 13.4. The summed E-state index contributed by atoms with van der Waals surface area (Å²) in [6.07, 6.45) is 7.88. The minimum absolute atomic E-state index is 0.0231. The molecule has 38 heavy (non-hydrogen) atoms. The van der Waals surface area contributed by atoms with Crippen molar-refractivity contribution in [3.05, 3.63) is 60.7 Å². The molecule has 0 amide bonds. The van der Waals surface area contributed by atoms with Crippen molar-refractivity contribution >= 4 is 33.2 Å². The first-order valence-corrected chi connectivity index (χ1v) is 13.4. The van der Waals surface area contributed by atoms with E-state index in [0.717, 1.165) is 57.1 Å². The topological polar surface area (TPSA) is 91.5 Å². The highest BCUT2D eigenvalue weighted by molar-refractivity contribution is 5.92. The van der Waals surface area contributed by atoms with Crippen molar-refractivity contribution in [2.75, 3.05) is 49.2 Å². The Balaban J connectivity index is 1.11. The van der Waals surface area contributed by atoms with Crippen LogP contribution in [0.4, 0.5) is 11.4 Å². The maximum Gasteiger partial charge on any atom is 0.113 e. The maximum atomic E-state index is 9.51. The van der Waals surface area contributed by atoms with E-state index in [0.29, 0.717) is 23.2 Å². The van der Waals surface area contributed by atoms with Crippen LogP contribution >= 0.6 is 0 Å². The highest BCUT2D eigenvalue weighted by Gasteiger charge is 2.31. The van der Waals surface area contributed by atoms with E-state index in [1.54, 1.807) is 12.4 Å². The third-order valence-electron chi connectivity index (χ3n) is 7.84. The smallest absolute Gasteiger partial charge is 0.113 e. The van der Waals surface area contributed by atoms with E-state index in [9.17, 15) is 5.26 Å². The molecule has 2 aromatic heterocycles. The molecule has 3 saturated heterocycles. The summed E-state index contributed by atoms with van der Waals surface area (Å²) >= 11 is 0. The molecule has 2 unspecified atom stereocenters. The van der Waals surface area contributed by atoms with E-state index in [-0.39, 0.29) is 12.2 Å². The van der Waals surface area contributed by atoms with Crippen LogP contribution in [0.5, 0.6) is 0 Å². The number of morpholine rings is 2. The molecule has 0 aliphatic carbocycles. The van der Waals surface area contributed by atoms with Gasteiger partial charge in [-0.05, 0) is 36.6 Å². The van der Waals surface area contributed by atoms with Gasteiger partial charge in [0, 0.05) is 74.1 Å². The van der Waals surface area contributed by atoms with Crippen LogP contribution in [-0.4, -0.2) is 78.2 Å². The predicted octanol–water partition coefficient (Wildman–Crippen LogP) is 2.93. The van der Waals surface area contributed by atoms with Gasteiger partial charge in [-0.25, -0.2) is 0 Å². The Hall–Kier alpha value is -3.71. The summed E-state index contributed by atoms with van der Waals surface area (Å²) in [5.41, 5.74) is 4.24. The molecule has 4 aromatic rings. The number of anilines is 2. The van der Waals surface area contributed by atoms with Gasteiger partial charge in [-0.2, -0.15) is 5.26 Å². The molecule has 4 atom stereocenters. The number of aromatic nitrogens is 3. The number of nitrogens with one attached hydrogen (secondary N) is 1. The summed E-state index contributed by atoms with van der Waals surface area (Å²) in [4.78, 5) is 13.8. The van der Waals surface area contributed by atoms with Crippen molar-refractivity contribution in [1.82, 2.24) is 19.9 Å². The van der Waals surface area contributed by atoms with Gasteiger partial charge in [0.05, 0.1) is 43.2 Å². The van der Waals surface area contributed by atoms with Crippen molar-refractivity contribution in [3.63, 3.8) is 0 Å². The molecular weight excluding hydrogens is 478 g/mol. The standard InChI is InChI=1S/C29H31N7O2/c1-19-10-36(27-5-3-20(9-30)28-29(27)32-7-6-31-28)16-26(38-19)15-34-11-21-2-4-25(8-22(21)12-34)35-13-23-17-37-18-24(14-35)33-23/h2-8,11-12,19,23-24,26,33H,10,13-18H2,1H3/t19-,23?,24?,26+/m1/s1. The molecule has 194 valence electrons. The molecule has 0 saturated carbocycles. The zero-order chi connectivity index (χ0) is 25.6. The van der Waals surface area contributed by atoms with E-state index in [1.165, 1.54) is 16.5 Å². The van der Waals surface area contributed by atoms with Crippen LogP contribution in [0.25, 0.3) is 21.8 Å². The van der Waals surface area contributed by atoms with Gasteiger partial charge in [-0.15, -0.1) is 0 Å². The van der Waals surface area contributed by atoms with Crippen LogP contribution in [-0.2, 0) is 16.0 Å². The fourth-order valence-corrected chi connectivity index (χ4v) is 6.26. The molecule has 3 aliphatic rings. The summed E-state index contributed by atoms with van der Waals surface area (Å²) in [7, 11) is 0. The van der Waals surface area contributed by atoms with E-state index in [4.69, 9.17) is 9.47 Å². The van der Waals surface area contributed by atoms with Crippen molar-refractivity contribution in [2.45, 2.75) is 37.8 Å². The molecule has 3 aliphatic heterocycles. The van der Waals surface area contributed by atoms with Gasteiger partial charge in [-0.3, -0.25) is 9.97 Å². The van der Waals surface area contributed by atoms with E-state index >= 15 is 0 Å². The van der Waals surface area contributed by atoms with Crippen LogP contribution in [0.15, 0.2) is 55.1 Å². The monoisotopic (exact) mass is 509 g/mol. The summed E-state index contributed by atoms with van der Waals surface area (Å²) in [6.45, 7) is 7.90. The Bertz CT molecular complexity index is 1520. The average molecular weight is 510 g/mol. The van der Waals surface area contributed by atoms with Crippen molar-refractivity contribution < 1.29 is 9.47 Å². The highest BCUT2D eigenvalue weighted by Crippen LogP contribution is 2.30.